The van der Waals surface area contributed by atoms with Crippen molar-refractivity contribution >= 4 is 17.5 Å². The zero-order chi connectivity index (χ0) is 17.0. The zero-order valence-corrected chi connectivity index (χ0v) is 14.3. The van der Waals surface area contributed by atoms with Gasteiger partial charge in [-0.2, -0.15) is 0 Å². The van der Waals surface area contributed by atoms with Gasteiger partial charge in [0.2, 0.25) is 5.91 Å². The lowest BCUT2D eigenvalue weighted by Crippen LogP contribution is -3.17. The molecule has 1 fully saturated rings. The lowest BCUT2D eigenvalue weighted by atomic mass is 9.95. The van der Waals surface area contributed by atoms with E-state index in [1.807, 2.05) is 25.1 Å². The van der Waals surface area contributed by atoms with Crippen molar-refractivity contribution in [2.45, 2.75) is 45.6 Å². The number of para-hydroxylation sites is 1. The first-order valence-electron chi connectivity index (χ1n) is 8.43. The van der Waals surface area contributed by atoms with Crippen LogP contribution in [0.3, 0.4) is 0 Å². The maximum absolute atomic E-state index is 12.6. The van der Waals surface area contributed by atoms with Crippen molar-refractivity contribution in [1.29, 1.82) is 0 Å². The molecule has 2 rings (SSSR count). The van der Waals surface area contributed by atoms with Crippen LogP contribution in [0.4, 0.5) is 5.69 Å². The Labute approximate surface area is 138 Å². The smallest absolute Gasteiger partial charge is 0.282 e. The summed E-state index contributed by atoms with van der Waals surface area (Å²) in [6.07, 6.45) is 1.54. The summed E-state index contributed by atoms with van der Waals surface area (Å²) >= 11 is 0. The van der Waals surface area contributed by atoms with Crippen LogP contribution in [-0.4, -0.2) is 30.9 Å². The van der Waals surface area contributed by atoms with Gasteiger partial charge in [-0.25, -0.2) is 0 Å². The largest absolute Gasteiger partial charge is 0.369 e. The number of anilines is 1. The number of hydrogen-bond acceptors (Lipinski definition) is 2. The molecular formula is C18H28N3O2+. The standard InChI is InChI=1S/C18H27N3O2/c1-12(2)15-6-4-5-7-16(15)20-18(23)13(3)21-10-8-14(9-11-21)17(19)22/h4-7,12-14H,8-11H2,1-3H3,(H2,19,22)(H,20,23)/p+1/t13-/m1/s1. The van der Waals surface area contributed by atoms with Crippen LogP contribution >= 0.6 is 0 Å². The Hall–Kier alpha value is -1.88. The monoisotopic (exact) mass is 318 g/mol. The number of nitrogens with one attached hydrogen (secondary N) is 2. The molecule has 1 aliphatic heterocycles. The van der Waals surface area contributed by atoms with E-state index in [1.165, 1.54) is 4.90 Å². The fourth-order valence-corrected chi connectivity index (χ4v) is 3.25. The number of amides is 2. The molecule has 0 aliphatic carbocycles. The molecule has 126 valence electrons. The molecule has 1 aromatic carbocycles. The van der Waals surface area contributed by atoms with Gasteiger partial charge >= 0.3 is 0 Å². The number of likely N-dealkylation sites (tertiary alicyclic amines) is 1. The van der Waals surface area contributed by atoms with Crippen molar-refractivity contribution in [1.82, 2.24) is 0 Å². The van der Waals surface area contributed by atoms with Crippen LogP contribution in [-0.2, 0) is 9.59 Å². The number of nitrogens with two attached hydrogens (primary N) is 1. The molecule has 5 heteroatoms. The maximum atomic E-state index is 12.6. The predicted octanol–water partition coefficient (Wildman–Crippen LogP) is 0.917. The number of primary amides is 1. The average molecular weight is 318 g/mol. The summed E-state index contributed by atoms with van der Waals surface area (Å²) in [6.45, 7) is 7.82. The molecular weight excluding hydrogens is 290 g/mol. The number of rotatable bonds is 5. The van der Waals surface area contributed by atoms with Crippen LogP contribution in [0.25, 0.3) is 0 Å². The number of carbonyl (C=O) groups is 2. The van der Waals surface area contributed by atoms with Crippen molar-refractivity contribution in [2.75, 3.05) is 18.4 Å². The van der Waals surface area contributed by atoms with Crippen LogP contribution in [0, 0.1) is 5.92 Å². The first-order chi connectivity index (χ1) is 10.9. The molecule has 0 bridgehead atoms. The molecule has 1 aliphatic rings. The van der Waals surface area contributed by atoms with E-state index in [4.69, 9.17) is 5.73 Å². The molecule has 0 unspecified atom stereocenters. The minimum Gasteiger partial charge on any atom is -0.369 e. The fraction of sp³-hybridized carbons (Fsp3) is 0.556. The Bertz CT molecular complexity index is 563. The third kappa shape index (κ3) is 4.32. The van der Waals surface area contributed by atoms with Gasteiger partial charge in [0.05, 0.1) is 13.1 Å². The second kappa shape index (κ2) is 7.59. The molecule has 0 aromatic heterocycles. The van der Waals surface area contributed by atoms with Crippen molar-refractivity contribution < 1.29 is 14.5 Å². The van der Waals surface area contributed by atoms with Gasteiger partial charge in [-0.3, -0.25) is 9.59 Å². The van der Waals surface area contributed by atoms with E-state index in [-0.39, 0.29) is 23.8 Å². The van der Waals surface area contributed by atoms with E-state index >= 15 is 0 Å². The lowest BCUT2D eigenvalue weighted by Gasteiger charge is -2.31. The molecule has 1 aromatic rings. The molecule has 1 heterocycles. The van der Waals surface area contributed by atoms with Crippen molar-refractivity contribution in [2.24, 2.45) is 11.7 Å². The van der Waals surface area contributed by atoms with Gasteiger partial charge in [0.1, 0.15) is 0 Å². The first kappa shape index (κ1) is 17.5. The molecule has 1 atom stereocenters. The van der Waals surface area contributed by atoms with Gasteiger partial charge in [0.15, 0.2) is 6.04 Å². The van der Waals surface area contributed by atoms with Crippen LogP contribution < -0.4 is 16.0 Å². The van der Waals surface area contributed by atoms with Gasteiger partial charge in [-0.15, -0.1) is 0 Å². The van der Waals surface area contributed by atoms with E-state index in [1.54, 1.807) is 0 Å². The summed E-state index contributed by atoms with van der Waals surface area (Å²) in [4.78, 5) is 25.0. The fourth-order valence-electron chi connectivity index (χ4n) is 3.25. The normalized spacial score (nSPS) is 22.6. The van der Waals surface area contributed by atoms with E-state index in [2.05, 4.69) is 25.2 Å². The summed E-state index contributed by atoms with van der Waals surface area (Å²) in [5.41, 5.74) is 7.41. The highest BCUT2D eigenvalue weighted by molar-refractivity contribution is 5.94. The molecule has 0 radical (unpaired) electrons. The second-order valence-corrected chi connectivity index (χ2v) is 6.79. The SMILES string of the molecule is CC(C)c1ccccc1NC(=O)[C@@H](C)[NH+]1CCC(C(N)=O)CC1. The van der Waals surface area contributed by atoms with E-state index < -0.39 is 0 Å². The highest BCUT2D eigenvalue weighted by Crippen LogP contribution is 2.23. The van der Waals surface area contributed by atoms with Gasteiger partial charge in [0.25, 0.3) is 5.91 Å². The van der Waals surface area contributed by atoms with E-state index in [9.17, 15) is 9.59 Å². The molecule has 2 amide bonds. The van der Waals surface area contributed by atoms with Crippen LogP contribution in [0.15, 0.2) is 24.3 Å². The lowest BCUT2D eigenvalue weighted by molar-refractivity contribution is -0.919. The number of benzene rings is 1. The Morgan fingerprint density at radius 1 is 1.17 bits per heavy atom. The first-order valence-corrected chi connectivity index (χ1v) is 8.43. The summed E-state index contributed by atoms with van der Waals surface area (Å²) in [7, 11) is 0. The summed E-state index contributed by atoms with van der Waals surface area (Å²) in [6, 6.07) is 7.81. The average Bonchev–Trinajstić information content (AvgIpc) is 2.54. The van der Waals surface area contributed by atoms with Crippen molar-refractivity contribution in [3.8, 4) is 0 Å². The molecule has 4 N–H and O–H groups in total. The van der Waals surface area contributed by atoms with Crippen molar-refractivity contribution in [3.63, 3.8) is 0 Å². The number of piperidine rings is 1. The third-order valence-corrected chi connectivity index (χ3v) is 4.88. The van der Waals surface area contributed by atoms with Gasteiger partial charge < -0.3 is 16.0 Å². The summed E-state index contributed by atoms with van der Waals surface area (Å²) in [5, 5.41) is 3.07. The predicted molar refractivity (Wildman–Crippen MR) is 91.2 cm³/mol. The van der Waals surface area contributed by atoms with E-state index in [0.29, 0.717) is 5.92 Å². The Morgan fingerprint density at radius 2 is 1.78 bits per heavy atom. The highest BCUT2D eigenvalue weighted by atomic mass is 16.2. The Kier molecular flexibility index (Phi) is 5.77. The minimum atomic E-state index is -0.216. The number of hydrogen-bond donors (Lipinski definition) is 3. The highest BCUT2D eigenvalue weighted by Gasteiger charge is 2.32. The number of quaternary nitrogens is 1. The van der Waals surface area contributed by atoms with Gasteiger partial charge in [-0.1, -0.05) is 32.0 Å². The van der Waals surface area contributed by atoms with Crippen LogP contribution in [0.5, 0.6) is 0 Å². The topological polar surface area (TPSA) is 76.6 Å². The van der Waals surface area contributed by atoms with Crippen molar-refractivity contribution in [3.05, 3.63) is 29.8 Å². The van der Waals surface area contributed by atoms with Gasteiger partial charge in [-0.05, 0) is 24.5 Å². The van der Waals surface area contributed by atoms with Gasteiger partial charge in [0, 0.05) is 24.4 Å². The molecule has 23 heavy (non-hydrogen) atoms. The summed E-state index contributed by atoms with van der Waals surface area (Å²) in [5.74, 6) is 0.147. The molecule has 0 spiro atoms. The minimum absolute atomic E-state index is 0.0318. The second-order valence-electron chi connectivity index (χ2n) is 6.79. The number of carbonyl (C=O) groups excluding carboxylic acids is 2. The Morgan fingerprint density at radius 3 is 2.35 bits per heavy atom. The zero-order valence-electron chi connectivity index (χ0n) is 14.3. The third-order valence-electron chi connectivity index (χ3n) is 4.88. The van der Waals surface area contributed by atoms with Crippen LogP contribution in [0.2, 0.25) is 0 Å². The maximum Gasteiger partial charge on any atom is 0.282 e. The van der Waals surface area contributed by atoms with Crippen LogP contribution in [0.1, 0.15) is 45.1 Å². The molecule has 5 nitrogen and oxygen atoms in total. The summed E-state index contributed by atoms with van der Waals surface area (Å²) < 4.78 is 0. The Balaban J connectivity index is 1.97. The van der Waals surface area contributed by atoms with E-state index in [0.717, 1.165) is 37.2 Å². The molecule has 0 saturated carbocycles. The molecule has 1 saturated heterocycles. The quantitative estimate of drug-likeness (QED) is 0.755.